The minimum atomic E-state index is -0.288. The van der Waals surface area contributed by atoms with Crippen LogP contribution in [-0.4, -0.2) is 41.1 Å². The van der Waals surface area contributed by atoms with Crippen LogP contribution < -0.4 is 9.80 Å². The molecule has 0 spiro atoms. The number of nitrogens with zero attached hydrogens (tertiary/aromatic N) is 5. The number of benzene rings is 1. The van der Waals surface area contributed by atoms with E-state index in [0.717, 1.165) is 48.8 Å². The molecule has 2 fully saturated rings. The number of hydrogen-bond donors (Lipinski definition) is 0. The minimum Gasteiger partial charge on any atom is -0.356 e. The number of hydrogen-bond acceptors (Lipinski definition) is 5. The van der Waals surface area contributed by atoms with Crippen LogP contribution in [-0.2, 0) is 0 Å². The first-order chi connectivity index (χ1) is 12.3. The number of rotatable bonds is 2. The van der Waals surface area contributed by atoms with Crippen molar-refractivity contribution in [3.05, 3.63) is 54.6 Å². The first-order valence-electron chi connectivity index (χ1n) is 8.59. The highest BCUT2D eigenvalue weighted by Crippen LogP contribution is 2.35. The summed E-state index contributed by atoms with van der Waals surface area (Å²) in [6, 6.07) is 11.2. The highest BCUT2D eigenvalue weighted by molar-refractivity contribution is 5.75. The lowest BCUT2D eigenvalue weighted by molar-refractivity contribution is 0.533. The third-order valence-corrected chi connectivity index (χ3v) is 5.28. The molecule has 2 saturated heterocycles. The lowest BCUT2D eigenvalue weighted by Gasteiger charge is -2.23. The summed E-state index contributed by atoms with van der Waals surface area (Å²) in [5.41, 5.74) is 1.87. The van der Waals surface area contributed by atoms with Gasteiger partial charge in [0.1, 0.15) is 17.5 Å². The van der Waals surface area contributed by atoms with Crippen molar-refractivity contribution >= 4 is 22.7 Å². The summed E-state index contributed by atoms with van der Waals surface area (Å²) in [6.07, 6.45) is 3.17. The first kappa shape index (κ1) is 14.6. The molecule has 0 N–H and O–H groups in total. The number of halogens is 1. The van der Waals surface area contributed by atoms with Gasteiger partial charge in [0.2, 0.25) is 0 Å². The molecule has 5 rings (SSSR count). The summed E-state index contributed by atoms with van der Waals surface area (Å²) in [4.78, 5) is 18.1. The van der Waals surface area contributed by atoms with Crippen molar-refractivity contribution in [3.8, 4) is 0 Å². The molecule has 2 unspecified atom stereocenters. The van der Waals surface area contributed by atoms with Gasteiger partial charge in [-0.25, -0.2) is 14.4 Å². The molecule has 3 aromatic rings. The van der Waals surface area contributed by atoms with Gasteiger partial charge in [-0.05, 0) is 24.3 Å². The molecule has 0 aliphatic carbocycles. The lowest BCUT2D eigenvalue weighted by Crippen LogP contribution is -2.29. The Labute approximate surface area is 145 Å². The monoisotopic (exact) mass is 335 g/mol. The van der Waals surface area contributed by atoms with Crippen molar-refractivity contribution in [2.24, 2.45) is 11.8 Å². The summed E-state index contributed by atoms with van der Waals surface area (Å²) in [5, 5.41) is 0. The van der Waals surface area contributed by atoms with Gasteiger partial charge in [-0.3, -0.25) is 4.98 Å². The summed E-state index contributed by atoms with van der Waals surface area (Å²) in [6.45, 7) is 3.88. The molecule has 2 aromatic heterocycles. The van der Waals surface area contributed by atoms with Crippen molar-refractivity contribution in [1.29, 1.82) is 0 Å². The second kappa shape index (κ2) is 5.65. The highest BCUT2D eigenvalue weighted by Gasteiger charge is 2.40. The summed E-state index contributed by atoms with van der Waals surface area (Å²) < 4.78 is 13.1. The van der Waals surface area contributed by atoms with E-state index in [4.69, 9.17) is 4.98 Å². The van der Waals surface area contributed by atoms with E-state index < -0.39 is 0 Å². The van der Waals surface area contributed by atoms with Gasteiger partial charge in [0, 0.05) is 38.0 Å². The van der Waals surface area contributed by atoms with E-state index in [1.165, 1.54) is 12.3 Å². The molecule has 2 atom stereocenters. The Morgan fingerprint density at radius 2 is 1.44 bits per heavy atom. The highest BCUT2D eigenvalue weighted by atomic mass is 19.1. The normalized spacial score (nSPS) is 22.6. The Morgan fingerprint density at radius 3 is 2.12 bits per heavy atom. The first-order valence-corrected chi connectivity index (χ1v) is 8.59. The fourth-order valence-corrected chi connectivity index (χ4v) is 4.02. The summed E-state index contributed by atoms with van der Waals surface area (Å²) in [7, 11) is 0. The molecule has 6 heteroatoms. The third-order valence-electron chi connectivity index (χ3n) is 5.28. The van der Waals surface area contributed by atoms with E-state index in [0.29, 0.717) is 11.8 Å². The van der Waals surface area contributed by atoms with Crippen molar-refractivity contribution < 1.29 is 4.39 Å². The largest absolute Gasteiger partial charge is 0.356 e. The number of pyridine rings is 1. The Balaban J connectivity index is 1.32. The fraction of sp³-hybridized carbons (Fsp3) is 0.316. The molecule has 1 aromatic carbocycles. The molecule has 0 amide bonds. The molecule has 0 saturated carbocycles. The van der Waals surface area contributed by atoms with Crippen LogP contribution in [0.4, 0.5) is 16.0 Å². The van der Waals surface area contributed by atoms with E-state index in [-0.39, 0.29) is 5.82 Å². The van der Waals surface area contributed by atoms with Gasteiger partial charge in [-0.2, -0.15) is 0 Å². The summed E-state index contributed by atoms with van der Waals surface area (Å²) >= 11 is 0. The van der Waals surface area contributed by atoms with E-state index in [1.807, 2.05) is 30.5 Å². The van der Waals surface area contributed by atoms with Crippen molar-refractivity contribution in [1.82, 2.24) is 15.0 Å². The second-order valence-electron chi connectivity index (χ2n) is 6.88. The maximum atomic E-state index is 13.1. The number of fused-ring (bicyclic) bond motifs is 2. The van der Waals surface area contributed by atoms with E-state index in [1.54, 1.807) is 6.07 Å². The zero-order chi connectivity index (χ0) is 16.8. The van der Waals surface area contributed by atoms with Gasteiger partial charge in [-0.15, -0.1) is 0 Å². The predicted octanol–water partition coefficient (Wildman–Crippen LogP) is 2.74. The Morgan fingerprint density at radius 1 is 0.760 bits per heavy atom. The summed E-state index contributed by atoms with van der Waals surface area (Å²) in [5.74, 6) is 2.71. The smallest absolute Gasteiger partial charge is 0.147 e. The maximum Gasteiger partial charge on any atom is 0.147 e. The van der Waals surface area contributed by atoms with Gasteiger partial charge in [-0.1, -0.05) is 12.1 Å². The van der Waals surface area contributed by atoms with Crippen molar-refractivity contribution in [2.75, 3.05) is 36.0 Å². The van der Waals surface area contributed by atoms with Crippen LogP contribution in [0.15, 0.2) is 48.8 Å². The molecular formula is C19H18FN5. The van der Waals surface area contributed by atoms with Crippen LogP contribution in [0.2, 0.25) is 0 Å². The van der Waals surface area contributed by atoms with Gasteiger partial charge < -0.3 is 9.80 Å². The third kappa shape index (κ3) is 2.58. The van der Waals surface area contributed by atoms with Crippen LogP contribution in [0.25, 0.3) is 11.0 Å². The Kier molecular flexibility index (Phi) is 3.29. The SMILES string of the molecule is Fc1ccc(N2CC3CN(c4cnc5ccccc5n4)CC3C2)nc1. The molecule has 4 heterocycles. The van der Waals surface area contributed by atoms with Gasteiger partial charge in [0.25, 0.3) is 0 Å². The zero-order valence-corrected chi connectivity index (χ0v) is 13.7. The number of aromatic nitrogens is 3. The van der Waals surface area contributed by atoms with Gasteiger partial charge >= 0.3 is 0 Å². The molecule has 126 valence electrons. The van der Waals surface area contributed by atoms with Crippen LogP contribution in [0.5, 0.6) is 0 Å². The molecule has 0 radical (unpaired) electrons. The lowest BCUT2D eigenvalue weighted by atomic mass is 10.0. The average molecular weight is 335 g/mol. The maximum absolute atomic E-state index is 13.1. The molecular weight excluding hydrogens is 317 g/mol. The topological polar surface area (TPSA) is 45.2 Å². The molecule has 0 bridgehead atoms. The molecule has 5 nitrogen and oxygen atoms in total. The van der Waals surface area contributed by atoms with Crippen LogP contribution >= 0.6 is 0 Å². The van der Waals surface area contributed by atoms with Crippen LogP contribution in [0.3, 0.4) is 0 Å². The van der Waals surface area contributed by atoms with Crippen molar-refractivity contribution in [3.63, 3.8) is 0 Å². The van der Waals surface area contributed by atoms with Crippen molar-refractivity contribution in [2.45, 2.75) is 0 Å². The molecule has 2 aliphatic rings. The minimum absolute atomic E-state index is 0.288. The average Bonchev–Trinajstić information content (AvgIpc) is 3.21. The van der Waals surface area contributed by atoms with E-state index in [2.05, 4.69) is 19.8 Å². The predicted molar refractivity (Wildman–Crippen MR) is 95.1 cm³/mol. The quantitative estimate of drug-likeness (QED) is 0.720. The number of para-hydroxylation sites is 2. The fourth-order valence-electron chi connectivity index (χ4n) is 4.02. The van der Waals surface area contributed by atoms with Gasteiger partial charge in [0.05, 0.1) is 23.4 Å². The standard InChI is InChI=1S/C19H18FN5/c20-15-5-6-18(22-7-15)24-9-13-11-25(12-14(13)10-24)19-8-21-16-3-1-2-4-17(16)23-19/h1-8,13-14H,9-12H2. The second-order valence-corrected chi connectivity index (χ2v) is 6.88. The molecule has 25 heavy (non-hydrogen) atoms. The molecule has 2 aliphatic heterocycles. The Hall–Kier alpha value is -2.76. The van der Waals surface area contributed by atoms with Crippen LogP contribution in [0, 0.1) is 17.7 Å². The number of anilines is 2. The van der Waals surface area contributed by atoms with E-state index >= 15 is 0 Å². The van der Waals surface area contributed by atoms with Gasteiger partial charge in [0.15, 0.2) is 0 Å². The van der Waals surface area contributed by atoms with Crippen LogP contribution in [0.1, 0.15) is 0 Å². The van der Waals surface area contributed by atoms with E-state index in [9.17, 15) is 4.39 Å². The zero-order valence-electron chi connectivity index (χ0n) is 13.7. The Bertz CT molecular complexity index is 899.